The highest BCUT2D eigenvalue weighted by atomic mass is 16.2. The van der Waals surface area contributed by atoms with Gasteiger partial charge in [-0.1, -0.05) is 25.1 Å². The van der Waals surface area contributed by atoms with E-state index in [9.17, 15) is 4.79 Å². The first-order valence-electron chi connectivity index (χ1n) is 6.37. The number of hydrogen-bond donors (Lipinski definition) is 1. The van der Waals surface area contributed by atoms with Gasteiger partial charge in [0.1, 0.15) is 0 Å². The number of hydrogen-bond acceptors (Lipinski definition) is 2. The van der Waals surface area contributed by atoms with Gasteiger partial charge in [0, 0.05) is 18.8 Å². The molecule has 0 aromatic heterocycles. The first kappa shape index (κ1) is 10.8. The SMILES string of the molecule is C[C@@H]1CNC[C@H]1C(=O)N1CCc2ccccc21. The van der Waals surface area contributed by atoms with Crippen LogP contribution in [0.2, 0.25) is 0 Å². The normalized spacial score (nSPS) is 27.2. The molecule has 17 heavy (non-hydrogen) atoms. The maximum Gasteiger partial charge on any atom is 0.231 e. The number of carbonyl (C=O) groups excluding carboxylic acids is 1. The van der Waals surface area contributed by atoms with Gasteiger partial charge in [0.05, 0.1) is 5.92 Å². The molecule has 0 spiro atoms. The molecule has 1 aromatic carbocycles. The van der Waals surface area contributed by atoms with Crippen LogP contribution in [0.5, 0.6) is 0 Å². The quantitative estimate of drug-likeness (QED) is 0.791. The van der Waals surface area contributed by atoms with Gasteiger partial charge in [-0.3, -0.25) is 4.79 Å². The van der Waals surface area contributed by atoms with Crippen molar-refractivity contribution in [1.29, 1.82) is 0 Å². The van der Waals surface area contributed by atoms with Crippen molar-refractivity contribution in [2.24, 2.45) is 11.8 Å². The van der Waals surface area contributed by atoms with Gasteiger partial charge in [-0.25, -0.2) is 0 Å². The number of nitrogens with zero attached hydrogens (tertiary/aromatic N) is 1. The molecular formula is C14H18N2O. The molecular weight excluding hydrogens is 212 g/mol. The summed E-state index contributed by atoms with van der Waals surface area (Å²) in [5.74, 6) is 0.906. The summed E-state index contributed by atoms with van der Waals surface area (Å²) in [6.07, 6.45) is 0.996. The van der Waals surface area contributed by atoms with Gasteiger partial charge in [-0.05, 0) is 30.5 Å². The van der Waals surface area contributed by atoms with Crippen LogP contribution >= 0.6 is 0 Å². The summed E-state index contributed by atoms with van der Waals surface area (Å²) in [7, 11) is 0. The maximum atomic E-state index is 12.5. The van der Waals surface area contributed by atoms with E-state index >= 15 is 0 Å². The van der Waals surface area contributed by atoms with E-state index in [1.165, 1.54) is 5.56 Å². The molecule has 0 unspecified atom stereocenters. The third-order valence-corrected chi connectivity index (χ3v) is 3.99. The van der Waals surface area contributed by atoms with Crippen molar-refractivity contribution < 1.29 is 4.79 Å². The van der Waals surface area contributed by atoms with Crippen LogP contribution in [0.1, 0.15) is 12.5 Å². The lowest BCUT2D eigenvalue weighted by Gasteiger charge is -2.23. The van der Waals surface area contributed by atoms with Gasteiger partial charge in [0.15, 0.2) is 0 Å². The topological polar surface area (TPSA) is 32.3 Å². The Morgan fingerprint density at radius 2 is 2.18 bits per heavy atom. The van der Waals surface area contributed by atoms with Crippen molar-refractivity contribution in [2.45, 2.75) is 13.3 Å². The molecule has 1 amide bonds. The second kappa shape index (κ2) is 4.15. The molecule has 2 heterocycles. The predicted molar refractivity (Wildman–Crippen MR) is 68.0 cm³/mol. The van der Waals surface area contributed by atoms with Crippen LogP contribution in [-0.2, 0) is 11.2 Å². The Morgan fingerprint density at radius 3 is 2.94 bits per heavy atom. The number of para-hydroxylation sites is 1. The Hall–Kier alpha value is -1.35. The number of nitrogens with one attached hydrogen (secondary N) is 1. The second-order valence-electron chi connectivity index (χ2n) is 5.11. The fourth-order valence-corrected chi connectivity index (χ4v) is 2.91. The smallest absolute Gasteiger partial charge is 0.231 e. The molecule has 0 aliphatic carbocycles. The van der Waals surface area contributed by atoms with Gasteiger partial charge in [-0.15, -0.1) is 0 Å². The zero-order valence-corrected chi connectivity index (χ0v) is 10.1. The van der Waals surface area contributed by atoms with Crippen molar-refractivity contribution in [2.75, 3.05) is 24.5 Å². The zero-order valence-electron chi connectivity index (χ0n) is 10.1. The highest BCUT2D eigenvalue weighted by Crippen LogP contribution is 2.30. The van der Waals surface area contributed by atoms with E-state index < -0.39 is 0 Å². The molecule has 2 atom stereocenters. The molecule has 0 radical (unpaired) electrons. The van der Waals surface area contributed by atoms with Crippen molar-refractivity contribution in [3.05, 3.63) is 29.8 Å². The van der Waals surface area contributed by atoms with Gasteiger partial charge < -0.3 is 10.2 Å². The average molecular weight is 230 g/mol. The van der Waals surface area contributed by atoms with Crippen molar-refractivity contribution in [1.82, 2.24) is 5.32 Å². The largest absolute Gasteiger partial charge is 0.316 e. The second-order valence-corrected chi connectivity index (χ2v) is 5.11. The van der Waals surface area contributed by atoms with Crippen LogP contribution in [0.4, 0.5) is 5.69 Å². The van der Waals surface area contributed by atoms with Crippen LogP contribution in [0.25, 0.3) is 0 Å². The lowest BCUT2D eigenvalue weighted by molar-refractivity contribution is -0.122. The summed E-state index contributed by atoms with van der Waals surface area (Å²) < 4.78 is 0. The third-order valence-electron chi connectivity index (χ3n) is 3.99. The highest BCUT2D eigenvalue weighted by molar-refractivity contribution is 5.97. The molecule has 2 aliphatic heterocycles. The summed E-state index contributed by atoms with van der Waals surface area (Å²) in [4.78, 5) is 14.5. The van der Waals surface area contributed by atoms with Crippen LogP contribution in [0.15, 0.2) is 24.3 Å². The standard InChI is InChI=1S/C14H18N2O/c1-10-8-15-9-12(10)14(17)16-7-6-11-4-2-3-5-13(11)16/h2-5,10,12,15H,6-9H2,1H3/t10-,12-/m1/s1. The molecule has 90 valence electrons. The Labute approximate surface area is 102 Å². The van der Waals surface area contributed by atoms with E-state index in [1.54, 1.807) is 0 Å². The predicted octanol–water partition coefficient (Wildman–Crippen LogP) is 1.43. The van der Waals surface area contributed by atoms with E-state index in [4.69, 9.17) is 0 Å². The van der Waals surface area contributed by atoms with Crippen LogP contribution in [0, 0.1) is 11.8 Å². The van der Waals surface area contributed by atoms with E-state index in [1.807, 2.05) is 17.0 Å². The van der Waals surface area contributed by atoms with Gasteiger partial charge in [-0.2, -0.15) is 0 Å². The minimum Gasteiger partial charge on any atom is -0.316 e. The Balaban J connectivity index is 1.84. The number of rotatable bonds is 1. The van der Waals surface area contributed by atoms with Crippen molar-refractivity contribution in [3.8, 4) is 0 Å². The molecule has 3 heteroatoms. The van der Waals surface area contributed by atoms with Crippen molar-refractivity contribution >= 4 is 11.6 Å². The number of carbonyl (C=O) groups is 1. The summed E-state index contributed by atoms with van der Waals surface area (Å²) >= 11 is 0. The summed E-state index contributed by atoms with van der Waals surface area (Å²) in [5, 5.41) is 3.30. The molecule has 0 saturated carbocycles. The number of anilines is 1. The number of benzene rings is 1. The minimum atomic E-state index is 0.154. The summed E-state index contributed by atoms with van der Waals surface area (Å²) in [5.41, 5.74) is 2.43. The molecule has 3 nitrogen and oxygen atoms in total. The molecule has 1 N–H and O–H groups in total. The molecule has 2 aliphatic rings. The van der Waals surface area contributed by atoms with Crippen LogP contribution in [-0.4, -0.2) is 25.5 Å². The van der Waals surface area contributed by atoms with E-state index in [0.717, 1.165) is 31.7 Å². The van der Waals surface area contributed by atoms with Crippen molar-refractivity contribution in [3.63, 3.8) is 0 Å². The van der Waals surface area contributed by atoms with E-state index in [2.05, 4.69) is 24.4 Å². The Morgan fingerprint density at radius 1 is 1.35 bits per heavy atom. The fraction of sp³-hybridized carbons (Fsp3) is 0.500. The van der Waals surface area contributed by atoms with Crippen LogP contribution in [0.3, 0.4) is 0 Å². The van der Waals surface area contributed by atoms with E-state index in [0.29, 0.717) is 11.8 Å². The highest BCUT2D eigenvalue weighted by Gasteiger charge is 2.35. The molecule has 1 fully saturated rings. The lowest BCUT2D eigenvalue weighted by atomic mass is 9.96. The average Bonchev–Trinajstić information content (AvgIpc) is 2.94. The number of amides is 1. The first-order valence-corrected chi connectivity index (χ1v) is 6.37. The molecule has 0 bridgehead atoms. The molecule has 3 rings (SSSR count). The Kier molecular flexibility index (Phi) is 2.63. The minimum absolute atomic E-state index is 0.154. The summed E-state index contributed by atoms with van der Waals surface area (Å²) in [6, 6.07) is 8.25. The van der Waals surface area contributed by atoms with Gasteiger partial charge in [0.2, 0.25) is 5.91 Å². The maximum absolute atomic E-state index is 12.5. The van der Waals surface area contributed by atoms with Gasteiger partial charge in [0.25, 0.3) is 0 Å². The molecule has 1 aromatic rings. The monoisotopic (exact) mass is 230 g/mol. The first-order chi connectivity index (χ1) is 8.27. The van der Waals surface area contributed by atoms with E-state index in [-0.39, 0.29) is 5.92 Å². The van der Waals surface area contributed by atoms with Gasteiger partial charge >= 0.3 is 0 Å². The lowest BCUT2D eigenvalue weighted by Crippen LogP contribution is -2.37. The third kappa shape index (κ3) is 1.75. The van der Waals surface area contributed by atoms with Crippen LogP contribution < -0.4 is 10.2 Å². The molecule has 1 saturated heterocycles. The zero-order chi connectivity index (χ0) is 11.8. The fourth-order valence-electron chi connectivity index (χ4n) is 2.91. The Bertz CT molecular complexity index is 444. The number of fused-ring (bicyclic) bond motifs is 1. The summed E-state index contributed by atoms with van der Waals surface area (Å²) in [6.45, 7) is 4.80.